The number of unbranched alkanes of at least 4 members (excludes halogenated alkanes) is 17. The number of nitrogens with zero attached hydrogens (tertiary/aromatic N) is 1. The third-order valence-corrected chi connectivity index (χ3v) is 10.1. The maximum Gasteiger partial charge on any atom is 0.168 e. The van der Waals surface area contributed by atoms with Crippen molar-refractivity contribution in [2.75, 3.05) is 19.8 Å². The fraction of sp³-hybridized carbons (Fsp3) is 0.725. The van der Waals surface area contributed by atoms with Crippen molar-refractivity contribution in [2.24, 2.45) is 5.92 Å². The molecule has 3 rings (SSSR count). The first-order valence-corrected chi connectivity index (χ1v) is 20.4. The van der Waals surface area contributed by atoms with E-state index in [1.165, 1.54) is 147 Å². The van der Waals surface area contributed by atoms with E-state index in [0.29, 0.717) is 6.10 Å². The summed E-state index contributed by atoms with van der Waals surface area (Å²) in [5, 5.41) is 0. The molecule has 0 radical (unpaired) electrons. The van der Waals surface area contributed by atoms with Gasteiger partial charge in [0.15, 0.2) is 12.4 Å². The number of aromatic nitrogens is 1. The van der Waals surface area contributed by atoms with E-state index < -0.39 is 10.1 Å². The lowest BCUT2D eigenvalue weighted by atomic mass is 9.97. The van der Waals surface area contributed by atoms with Crippen LogP contribution in [0.15, 0.2) is 59.8 Å². The third-order valence-electron chi connectivity index (χ3n) is 9.23. The molecule has 1 aliphatic rings. The molecule has 0 amide bonds. The second-order valence-electron chi connectivity index (χ2n) is 13.7. The maximum atomic E-state index is 10.4. The monoisotopic (exact) mass is 673 g/mol. The van der Waals surface area contributed by atoms with Crippen molar-refractivity contribution < 1.29 is 27.0 Å². The van der Waals surface area contributed by atoms with Crippen LogP contribution in [-0.2, 0) is 26.1 Å². The standard InChI is InChI=1S/C33H60NO2.C7H8O3S/c1-2-3-4-5-6-7-8-9-10-11-12-13-15-19-24-32-29-33(36-30-32)31-35-28-23-17-14-16-20-25-34-26-21-18-22-27-34;1-6-2-4-7(5-3-6)11(8,9)10/h18,21-22,26-27,32-33H,2-17,19-20,23-25,28-31H2,1H3;2-5H,1H3,(H,8,9,10)/q+1;/p-1. The van der Waals surface area contributed by atoms with Gasteiger partial charge in [0.25, 0.3) is 0 Å². The van der Waals surface area contributed by atoms with Crippen molar-refractivity contribution in [3.05, 3.63) is 60.4 Å². The molecular weight excluding hydrogens is 607 g/mol. The Kier molecular flexibility index (Phi) is 23.8. The molecule has 1 saturated heterocycles. The fourth-order valence-electron chi connectivity index (χ4n) is 6.26. The van der Waals surface area contributed by atoms with Crippen LogP contribution in [0.4, 0.5) is 0 Å². The van der Waals surface area contributed by atoms with Crippen LogP contribution >= 0.6 is 0 Å². The highest BCUT2D eigenvalue weighted by Crippen LogP contribution is 2.25. The Balaban J connectivity index is 0.000000587. The van der Waals surface area contributed by atoms with Gasteiger partial charge in [-0.3, -0.25) is 0 Å². The number of hydrogen-bond donors (Lipinski definition) is 0. The molecule has 2 aromatic rings. The van der Waals surface area contributed by atoms with Gasteiger partial charge in [0.2, 0.25) is 0 Å². The second-order valence-corrected chi connectivity index (χ2v) is 15.0. The van der Waals surface area contributed by atoms with E-state index in [1.807, 2.05) is 6.92 Å². The van der Waals surface area contributed by atoms with Gasteiger partial charge in [-0.25, -0.2) is 13.0 Å². The molecule has 0 spiro atoms. The molecule has 1 fully saturated rings. The van der Waals surface area contributed by atoms with E-state index in [4.69, 9.17) is 9.47 Å². The first kappa shape index (κ1) is 41.4. The molecular formula is C40H67NO5S. The first-order chi connectivity index (χ1) is 22.9. The number of hydrogen-bond acceptors (Lipinski definition) is 5. The van der Waals surface area contributed by atoms with E-state index in [0.717, 1.165) is 37.8 Å². The summed E-state index contributed by atoms with van der Waals surface area (Å²) >= 11 is 0. The van der Waals surface area contributed by atoms with Crippen LogP contribution < -0.4 is 4.57 Å². The number of rotatable bonds is 26. The summed E-state index contributed by atoms with van der Waals surface area (Å²) in [7, 11) is -4.27. The highest BCUT2D eigenvalue weighted by Gasteiger charge is 2.25. The molecule has 1 aromatic heterocycles. The predicted octanol–water partition coefficient (Wildman–Crippen LogP) is 10.1. The Morgan fingerprint density at radius 3 is 1.85 bits per heavy atom. The summed E-state index contributed by atoms with van der Waals surface area (Å²) in [5.41, 5.74) is 0.928. The number of pyridine rings is 1. The summed E-state index contributed by atoms with van der Waals surface area (Å²) in [6.45, 7) is 7.92. The quantitative estimate of drug-likeness (QED) is 0.0564. The van der Waals surface area contributed by atoms with Gasteiger partial charge in [0, 0.05) is 31.8 Å². The van der Waals surface area contributed by atoms with E-state index in [1.54, 1.807) is 12.1 Å². The van der Waals surface area contributed by atoms with Gasteiger partial charge in [-0.2, -0.15) is 0 Å². The topological polar surface area (TPSA) is 79.5 Å². The lowest BCUT2D eigenvalue weighted by molar-refractivity contribution is -0.697. The highest BCUT2D eigenvalue weighted by molar-refractivity contribution is 7.85. The maximum absolute atomic E-state index is 10.4. The number of benzene rings is 1. The lowest BCUT2D eigenvalue weighted by Gasteiger charge is -2.10. The minimum Gasteiger partial charge on any atom is -0.744 e. The van der Waals surface area contributed by atoms with Crippen LogP contribution in [-0.4, -0.2) is 38.9 Å². The van der Waals surface area contributed by atoms with Crippen molar-refractivity contribution in [1.29, 1.82) is 0 Å². The van der Waals surface area contributed by atoms with Gasteiger partial charge < -0.3 is 14.0 Å². The van der Waals surface area contributed by atoms with Crippen LogP contribution in [0.25, 0.3) is 0 Å². The Hall–Kier alpha value is -1.80. The summed E-state index contributed by atoms with van der Waals surface area (Å²) in [4.78, 5) is -0.178. The van der Waals surface area contributed by atoms with Crippen molar-refractivity contribution in [3.8, 4) is 0 Å². The Bertz CT molecular complexity index is 1090. The highest BCUT2D eigenvalue weighted by atomic mass is 32.2. The number of ether oxygens (including phenoxy) is 2. The molecule has 47 heavy (non-hydrogen) atoms. The molecule has 1 aromatic carbocycles. The van der Waals surface area contributed by atoms with Crippen molar-refractivity contribution in [2.45, 2.75) is 166 Å². The van der Waals surface area contributed by atoms with Crippen molar-refractivity contribution in [1.82, 2.24) is 0 Å². The average molecular weight is 674 g/mol. The van der Waals surface area contributed by atoms with Crippen LogP contribution in [0, 0.1) is 12.8 Å². The molecule has 1 aliphatic heterocycles. The summed E-state index contributed by atoms with van der Waals surface area (Å²) in [5.74, 6) is 0.776. The van der Waals surface area contributed by atoms with Gasteiger partial charge in [-0.1, -0.05) is 133 Å². The van der Waals surface area contributed by atoms with Crippen LogP contribution in [0.3, 0.4) is 0 Å². The molecule has 7 heteroatoms. The SMILES string of the molecule is CCCCCCCCCCCCCCCCC1COC(COCCCCCCC[n+]2ccccc2)C1.Cc1ccc(S(=O)(=O)[O-])cc1. The Labute approximate surface area is 288 Å². The van der Waals surface area contributed by atoms with Crippen molar-refractivity contribution >= 4 is 10.1 Å². The van der Waals surface area contributed by atoms with Crippen LogP contribution in [0.2, 0.25) is 0 Å². The summed E-state index contributed by atoms with van der Waals surface area (Å²) in [6, 6.07) is 12.1. The zero-order valence-corrected chi connectivity index (χ0v) is 30.7. The zero-order chi connectivity index (χ0) is 33.8. The first-order valence-electron chi connectivity index (χ1n) is 19.0. The van der Waals surface area contributed by atoms with E-state index >= 15 is 0 Å². The molecule has 0 saturated carbocycles. The van der Waals surface area contributed by atoms with Crippen molar-refractivity contribution in [3.63, 3.8) is 0 Å². The molecule has 2 heterocycles. The largest absolute Gasteiger partial charge is 0.744 e. The van der Waals surface area contributed by atoms with Gasteiger partial charge >= 0.3 is 0 Å². The minimum atomic E-state index is -4.27. The second kappa shape index (κ2) is 27.1. The van der Waals surface area contributed by atoms with Gasteiger partial charge in [0.1, 0.15) is 16.7 Å². The number of aryl methyl sites for hydroxylation is 2. The van der Waals surface area contributed by atoms with Gasteiger partial charge in [-0.15, -0.1) is 0 Å². The third kappa shape index (κ3) is 22.5. The fourth-order valence-corrected chi connectivity index (χ4v) is 6.73. The minimum absolute atomic E-state index is 0.178. The van der Waals surface area contributed by atoms with Gasteiger partial charge in [-0.05, 0) is 50.7 Å². The van der Waals surface area contributed by atoms with Gasteiger partial charge in [0.05, 0.1) is 17.6 Å². The summed E-state index contributed by atoms with van der Waals surface area (Å²) in [6.07, 6.45) is 33.8. The molecule has 6 nitrogen and oxygen atoms in total. The predicted molar refractivity (Wildman–Crippen MR) is 192 cm³/mol. The smallest absolute Gasteiger partial charge is 0.168 e. The van der Waals surface area contributed by atoms with E-state index in [2.05, 4.69) is 42.1 Å². The lowest BCUT2D eigenvalue weighted by Crippen LogP contribution is -2.32. The average Bonchev–Trinajstić information content (AvgIpc) is 3.52. The normalized spacial score (nSPS) is 16.2. The van der Waals surface area contributed by atoms with Crippen LogP contribution in [0.1, 0.15) is 147 Å². The molecule has 2 atom stereocenters. The molecule has 0 bridgehead atoms. The van der Waals surface area contributed by atoms with E-state index in [9.17, 15) is 13.0 Å². The zero-order valence-electron chi connectivity index (χ0n) is 29.9. The summed E-state index contributed by atoms with van der Waals surface area (Å²) < 4.78 is 45.4. The molecule has 2 unspecified atom stereocenters. The molecule has 0 aliphatic carbocycles. The molecule has 268 valence electrons. The Morgan fingerprint density at radius 2 is 1.28 bits per heavy atom. The Morgan fingerprint density at radius 1 is 0.745 bits per heavy atom. The molecule has 0 N–H and O–H groups in total. The van der Waals surface area contributed by atoms with E-state index in [-0.39, 0.29) is 4.90 Å². The van der Waals surface area contributed by atoms with Crippen LogP contribution in [0.5, 0.6) is 0 Å².